The van der Waals surface area contributed by atoms with E-state index in [4.69, 9.17) is 0 Å². The van der Waals surface area contributed by atoms with Crippen LogP contribution >= 0.6 is 11.3 Å². The van der Waals surface area contributed by atoms with Crippen molar-refractivity contribution >= 4 is 42.3 Å². The number of rotatable bonds is 8. The molecule has 3 aliphatic rings. The maximum atomic E-state index is 2.57. The van der Waals surface area contributed by atoms with E-state index in [9.17, 15) is 0 Å². The van der Waals surface area contributed by atoms with Gasteiger partial charge in [0.1, 0.15) is 0 Å². The third kappa shape index (κ3) is 6.52. The zero-order chi connectivity index (χ0) is 49.5. The zero-order valence-electron chi connectivity index (χ0n) is 42.3. The molecule has 352 valence electrons. The van der Waals surface area contributed by atoms with Crippen LogP contribution < -0.4 is 0 Å². The average molecular weight is 963 g/mol. The predicted octanol–water partition coefficient (Wildman–Crippen LogP) is 20.2. The molecular weight excluding hydrogens is 909 g/mol. The Balaban J connectivity index is 0.777. The van der Waals surface area contributed by atoms with Gasteiger partial charge in [0, 0.05) is 36.9 Å². The van der Waals surface area contributed by atoms with Crippen LogP contribution in [0.2, 0.25) is 0 Å². The Kier molecular flexibility index (Phi) is 9.52. The molecule has 12 aromatic rings. The van der Waals surface area contributed by atoms with Gasteiger partial charge in [-0.2, -0.15) is 0 Å². The van der Waals surface area contributed by atoms with Crippen LogP contribution in [0.25, 0.3) is 109 Å². The number of thiophene rings is 1. The number of benzene rings is 11. The van der Waals surface area contributed by atoms with E-state index in [-0.39, 0.29) is 16.7 Å². The Hall–Kier alpha value is -8.10. The first-order valence-corrected chi connectivity index (χ1v) is 27.3. The molecule has 0 spiro atoms. The molecule has 0 aliphatic heterocycles. The first kappa shape index (κ1) is 43.5. The highest BCUT2D eigenvalue weighted by Crippen LogP contribution is 2.54. The molecule has 15 rings (SSSR count). The van der Waals surface area contributed by atoms with Crippen LogP contribution in [-0.4, -0.2) is 0 Å². The highest BCUT2D eigenvalue weighted by molar-refractivity contribution is 7.25. The lowest BCUT2D eigenvalue weighted by Gasteiger charge is -2.25. The summed E-state index contributed by atoms with van der Waals surface area (Å²) in [6.07, 6.45) is 1.97. The van der Waals surface area contributed by atoms with Gasteiger partial charge in [-0.3, -0.25) is 0 Å². The summed E-state index contributed by atoms with van der Waals surface area (Å²) in [6, 6.07) is 85.8. The smallest absolute Gasteiger partial charge is 0.0355 e. The minimum absolute atomic E-state index is 0.128. The summed E-state index contributed by atoms with van der Waals surface area (Å²) in [5.41, 5.74) is 28.0. The molecular formula is C73H54S. The van der Waals surface area contributed by atoms with Crippen LogP contribution in [0.5, 0.6) is 0 Å². The molecule has 1 unspecified atom stereocenters. The summed E-state index contributed by atoms with van der Waals surface area (Å²) in [4.78, 5) is 0. The van der Waals surface area contributed by atoms with E-state index >= 15 is 0 Å². The third-order valence-corrected chi connectivity index (χ3v) is 18.7. The van der Waals surface area contributed by atoms with E-state index in [1.54, 1.807) is 0 Å². The summed E-state index contributed by atoms with van der Waals surface area (Å²) in [5, 5.41) is 5.39. The van der Waals surface area contributed by atoms with Crippen molar-refractivity contribution in [2.45, 2.75) is 57.3 Å². The molecule has 0 amide bonds. The van der Waals surface area contributed by atoms with Crippen molar-refractivity contribution in [2.75, 3.05) is 0 Å². The Morgan fingerprint density at radius 3 is 1.57 bits per heavy atom. The molecule has 0 nitrogen and oxygen atoms in total. The normalized spacial score (nSPS) is 14.5. The van der Waals surface area contributed by atoms with E-state index in [2.05, 4.69) is 252 Å². The molecule has 0 N–H and O–H groups in total. The summed E-state index contributed by atoms with van der Waals surface area (Å²) >= 11 is 1.88. The molecule has 0 saturated carbocycles. The van der Waals surface area contributed by atoms with Gasteiger partial charge in [-0.25, -0.2) is 0 Å². The van der Waals surface area contributed by atoms with Gasteiger partial charge in [0.05, 0.1) is 0 Å². The van der Waals surface area contributed by atoms with Crippen LogP contribution in [0.1, 0.15) is 79.0 Å². The van der Waals surface area contributed by atoms with Gasteiger partial charge < -0.3 is 0 Å². The van der Waals surface area contributed by atoms with Crippen molar-refractivity contribution in [3.63, 3.8) is 0 Å². The quantitative estimate of drug-likeness (QED) is 0.142. The maximum absolute atomic E-state index is 2.57. The van der Waals surface area contributed by atoms with E-state index in [1.165, 1.54) is 148 Å². The lowest BCUT2D eigenvalue weighted by Crippen LogP contribution is -2.16. The fourth-order valence-corrected chi connectivity index (χ4v) is 14.7. The van der Waals surface area contributed by atoms with Crippen molar-refractivity contribution in [1.29, 1.82) is 0 Å². The first-order chi connectivity index (χ1) is 36.2. The lowest BCUT2D eigenvalue weighted by atomic mass is 9.78. The van der Waals surface area contributed by atoms with E-state index in [0.29, 0.717) is 0 Å². The van der Waals surface area contributed by atoms with Crippen LogP contribution in [0.3, 0.4) is 0 Å². The number of fused-ring (bicyclic) bond motifs is 12. The summed E-state index contributed by atoms with van der Waals surface area (Å²) < 4.78 is 2.69. The number of hydrogen-bond acceptors (Lipinski definition) is 1. The van der Waals surface area contributed by atoms with Gasteiger partial charge in [0.2, 0.25) is 0 Å². The molecule has 1 atom stereocenters. The second-order valence-electron chi connectivity index (χ2n) is 22.3. The molecule has 0 bridgehead atoms. The van der Waals surface area contributed by atoms with Crippen molar-refractivity contribution < 1.29 is 0 Å². The van der Waals surface area contributed by atoms with Crippen LogP contribution in [-0.2, 0) is 17.3 Å². The average Bonchev–Trinajstić information content (AvgIpc) is 4.15. The molecule has 74 heavy (non-hydrogen) atoms. The highest BCUT2D eigenvalue weighted by atomic mass is 32.1. The summed E-state index contributed by atoms with van der Waals surface area (Å²) in [6.45, 7) is 9.71. The van der Waals surface area contributed by atoms with Gasteiger partial charge in [-0.15, -0.1) is 11.3 Å². The molecule has 1 heteroatoms. The van der Waals surface area contributed by atoms with Gasteiger partial charge in [0.15, 0.2) is 0 Å². The van der Waals surface area contributed by atoms with Gasteiger partial charge in [-0.1, -0.05) is 222 Å². The molecule has 1 heterocycles. The summed E-state index contributed by atoms with van der Waals surface area (Å²) in [5.74, 6) is 0.203. The van der Waals surface area contributed by atoms with E-state index < -0.39 is 0 Å². The van der Waals surface area contributed by atoms with Crippen molar-refractivity contribution in [2.24, 2.45) is 0 Å². The van der Waals surface area contributed by atoms with Gasteiger partial charge in [0.25, 0.3) is 0 Å². The molecule has 0 fully saturated rings. The van der Waals surface area contributed by atoms with Gasteiger partial charge >= 0.3 is 0 Å². The Morgan fingerprint density at radius 1 is 0.324 bits per heavy atom. The predicted molar refractivity (Wildman–Crippen MR) is 316 cm³/mol. The molecule has 11 aromatic carbocycles. The largest absolute Gasteiger partial charge is 0.135 e. The number of hydrogen-bond donors (Lipinski definition) is 0. The Labute approximate surface area is 438 Å². The molecule has 3 aliphatic carbocycles. The van der Waals surface area contributed by atoms with Crippen LogP contribution in [0.4, 0.5) is 0 Å². The lowest BCUT2D eigenvalue weighted by molar-refractivity contribution is 0.652. The van der Waals surface area contributed by atoms with Crippen molar-refractivity contribution in [3.8, 4) is 77.9 Å². The fourth-order valence-electron chi connectivity index (χ4n) is 13.6. The monoisotopic (exact) mass is 962 g/mol. The SMILES string of the molecule is CC1(C)c2cc(CCC(c3ccc(-c4ccc5c6c(cccc46)-c4ccccc4-5)cc3)c3ccc4c(c3)C(C)(C)c3cc(-c5ccccc5)ccc3-4)ccc2-c2ccc(-c3ccc4sc5ccccc5c4c3)cc21. The minimum atomic E-state index is -0.138. The topological polar surface area (TPSA) is 0 Å². The maximum Gasteiger partial charge on any atom is 0.0355 e. The van der Waals surface area contributed by atoms with Crippen molar-refractivity contribution in [1.82, 2.24) is 0 Å². The standard InChI is InChI=1S/C73H54S/c1-72(2)65-39-44(22-32-56(65)57-34-28-50(42-67(57)72)48-30-38-70-64(40-48)60-17-10-11-20-69(60)74-70)21-31-52(51-29-35-59-58-33-27-49(45-13-6-5-7-14-45)41-66(58)73(3,4)68(59)43-51)46-23-25-47(26-24-46)53-36-37-63-55-16-9-8-15-54(55)62-19-12-18-61(53)71(62)63/h5-20,22-30,32-43,52H,21,31H2,1-4H3. The molecule has 0 saturated heterocycles. The molecule has 1 aromatic heterocycles. The minimum Gasteiger partial charge on any atom is -0.135 e. The summed E-state index contributed by atoms with van der Waals surface area (Å²) in [7, 11) is 0. The van der Waals surface area contributed by atoms with E-state index in [1.807, 2.05) is 11.3 Å². The Bertz CT molecular complexity index is 4260. The Morgan fingerprint density at radius 2 is 0.824 bits per heavy atom. The third-order valence-electron chi connectivity index (χ3n) is 17.6. The molecule has 0 radical (unpaired) electrons. The van der Waals surface area contributed by atoms with Crippen molar-refractivity contribution in [3.05, 3.63) is 263 Å². The van der Waals surface area contributed by atoms with E-state index in [0.717, 1.165) is 12.8 Å². The highest BCUT2D eigenvalue weighted by Gasteiger charge is 2.38. The van der Waals surface area contributed by atoms with Crippen LogP contribution in [0.15, 0.2) is 224 Å². The second-order valence-corrected chi connectivity index (χ2v) is 23.4. The number of aryl methyl sites for hydroxylation is 1. The second kappa shape index (κ2) is 16.2. The zero-order valence-corrected chi connectivity index (χ0v) is 43.1. The first-order valence-electron chi connectivity index (χ1n) is 26.5. The van der Waals surface area contributed by atoms with Crippen LogP contribution in [0, 0.1) is 0 Å². The fraction of sp³-hybridized carbons (Fsp3) is 0.123. The van der Waals surface area contributed by atoms with Gasteiger partial charge in [-0.05, 0) is 171 Å².